The molecule has 0 fully saturated rings. The molecule has 1 aromatic heterocycles. The SMILES string of the molecule is O=C(O)c1cc(I)cn1CCCOc1ccccc1. The largest absolute Gasteiger partial charge is 0.494 e. The third-order valence-corrected chi connectivity index (χ3v) is 3.23. The van der Waals surface area contributed by atoms with Crippen molar-refractivity contribution in [1.82, 2.24) is 4.57 Å². The van der Waals surface area contributed by atoms with Gasteiger partial charge in [-0.3, -0.25) is 0 Å². The number of rotatable bonds is 6. The summed E-state index contributed by atoms with van der Waals surface area (Å²) in [6, 6.07) is 11.3. The lowest BCUT2D eigenvalue weighted by Gasteiger charge is -2.08. The van der Waals surface area contributed by atoms with E-state index in [0.29, 0.717) is 18.8 Å². The molecule has 0 saturated carbocycles. The Hall–Kier alpha value is -1.50. The zero-order valence-corrected chi connectivity index (χ0v) is 12.4. The van der Waals surface area contributed by atoms with E-state index in [0.717, 1.165) is 15.7 Å². The van der Waals surface area contributed by atoms with Gasteiger partial charge in [-0.25, -0.2) is 4.79 Å². The van der Waals surface area contributed by atoms with Crippen LogP contribution in [0.2, 0.25) is 0 Å². The van der Waals surface area contributed by atoms with Crippen molar-refractivity contribution < 1.29 is 14.6 Å². The fourth-order valence-corrected chi connectivity index (χ4v) is 2.41. The molecular formula is C14H14INO3. The average Bonchev–Trinajstić information content (AvgIpc) is 2.77. The number of carbonyl (C=O) groups is 1. The van der Waals surface area contributed by atoms with Crippen molar-refractivity contribution >= 4 is 28.6 Å². The summed E-state index contributed by atoms with van der Waals surface area (Å²) in [6.07, 6.45) is 2.60. The van der Waals surface area contributed by atoms with Gasteiger partial charge in [0, 0.05) is 16.3 Å². The summed E-state index contributed by atoms with van der Waals surface area (Å²) in [4.78, 5) is 11.0. The number of ether oxygens (including phenoxy) is 1. The minimum Gasteiger partial charge on any atom is -0.494 e. The second kappa shape index (κ2) is 6.60. The van der Waals surface area contributed by atoms with E-state index in [1.54, 1.807) is 10.6 Å². The Morgan fingerprint density at radius 3 is 2.74 bits per heavy atom. The summed E-state index contributed by atoms with van der Waals surface area (Å²) < 4.78 is 8.25. The normalized spacial score (nSPS) is 10.4. The van der Waals surface area contributed by atoms with E-state index >= 15 is 0 Å². The molecule has 0 unspecified atom stereocenters. The van der Waals surface area contributed by atoms with Crippen LogP contribution < -0.4 is 4.74 Å². The van der Waals surface area contributed by atoms with Crippen LogP contribution in [0.3, 0.4) is 0 Å². The van der Waals surface area contributed by atoms with E-state index in [9.17, 15) is 4.79 Å². The van der Waals surface area contributed by atoms with E-state index in [-0.39, 0.29) is 0 Å². The second-order valence-electron chi connectivity index (χ2n) is 4.06. The van der Waals surface area contributed by atoms with Crippen molar-refractivity contribution in [1.29, 1.82) is 0 Å². The Kier molecular flexibility index (Phi) is 4.84. The molecule has 4 nitrogen and oxygen atoms in total. The molecule has 2 rings (SSSR count). The predicted molar refractivity (Wildman–Crippen MR) is 80.7 cm³/mol. The van der Waals surface area contributed by atoms with Gasteiger partial charge in [0.2, 0.25) is 0 Å². The van der Waals surface area contributed by atoms with Gasteiger partial charge in [0.15, 0.2) is 0 Å². The van der Waals surface area contributed by atoms with Crippen LogP contribution in [0, 0.1) is 3.57 Å². The van der Waals surface area contributed by atoms with Gasteiger partial charge in [-0.1, -0.05) is 18.2 Å². The van der Waals surface area contributed by atoms with Gasteiger partial charge in [0.25, 0.3) is 0 Å². The molecule has 0 aliphatic heterocycles. The topological polar surface area (TPSA) is 51.5 Å². The number of hydrogen-bond acceptors (Lipinski definition) is 2. The highest BCUT2D eigenvalue weighted by Crippen LogP contribution is 2.13. The van der Waals surface area contributed by atoms with Crippen LogP contribution in [0.5, 0.6) is 5.75 Å². The first-order valence-corrected chi connectivity index (χ1v) is 7.01. The minimum atomic E-state index is -0.896. The molecule has 1 N–H and O–H groups in total. The molecule has 0 saturated heterocycles. The van der Waals surface area contributed by atoms with Crippen molar-refractivity contribution in [2.75, 3.05) is 6.61 Å². The molecule has 0 aliphatic carbocycles. The smallest absolute Gasteiger partial charge is 0.352 e. The Labute approximate surface area is 125 Å². The molecule has 100 valence electrons. The number of hydrogen-bond donors (Lipinski definition) is 1. The lowest BCUT2D eigenvalue weighted by molar-refractivity contribution is 0.0684. The average molecular weight is 371 g/mol. The maximum atomic E-state index is 11.0. The van der Waals surface area contributed by atoms with Crippen molar-refractivity contribution in [3.8, 4) is 5.75 Å². The van der Waals surface area contributed by atoms with Gasteiger partial charge >= 0.3 is 5.97 Å². The Balaban J connectivity index is 1.84. The first-order valence-electron chi connectivity index (χ1n) is 5.93. The van der Waals surface area contributed by atoms with Gasteiger partial charge < -0.3 is 14.4 Å². The number of para-hydroxylation sites is 1. The molecule has 0 atom stereocenters. The standard InChI is InChI=1S/C14H14INO3/c15-11-9-13(14(17)18)16(10-11)7-4-8-19-12-5-2-1-3-6-12/h1-3,5-6,9-10H,4,7-8H2,(H,17,18). The Morgan fingerprint density at radius 2 is 2.05 bits per heavy atom. The molecule has 0 radical (unpaired) electrons. The zero-order valence-electron chi connectivity index (χ0n) is 10.3. The maximum absolute atomic E-state index is 11.0. The summed E-state index contributed by atoms with van der Waals surface area (Å²) in [5.41, 5.74) is 0.323. The Bertz CT molecular complexity index is 551. The molecule has 0 bridgehead atoms. The van der Waals surface area contributed by atoms with E-state index in [4.69, 9.17) is 9.84 Å². The van der Waals surface area contributed by atoms with Crippen molar-refractivity contribution in [3.63, 3.8) is 0 Å². The molecule has 0 spiro atoms. The lowest BCUT2D eigenvalue weighted by Crippen LogP contribution is -2.10. The third-order valence-electron chi connectivity index (χ3n) is 2.64. The van der Waals surface area contributed by atoms with Gasteiger partial charge in [0.05, 0.1) is 6.61 Å². The minimum absolute atomic E-state index is 0.323. The first-order chi connectivity index (χ1) is 9.16. The quantitative estimate of drug-likeness (QED) is 0.627. The fraction of sp³-hybridized carbons (Fsp3) is 0.214. The highest BCUT2D eigenvalue weighted by Gasteiger charge is 2.10. The van der Waals surface area contributed by atoms with Gasteiger partial charge in [-0.05, 0) is 47.2 Å². The van der Waals surface area contributed by atoms with Crippen molar-refractivity contribution in [3.05, 3.63) is 51.9 Å². The third kappa shape index (κ3) is 3.99. The van der Waals surface area contributed by atoms with Crippen LogP contribution in [0.1, 0.15) is 16.9 Å². The lowest BCUT2D eigenvalue weighted by atomic mass is 10.3. The Morgan fingerprint density at radius 1 is 1.32 bits per heavy atom. The number of carboxylic acids is 1. The molecule has 5 heteroatoms. The number of nitrogens with zero attached hydrogens (tertiary/aromatic N) is 1. The van der Waals surface area contributed by atoms with Gasteiger partial charge in [-0.15, -0.1) is 0 Å². The van der Waals surface area contributed by atoms with Crippen LogP contribution in [0.4, 0.5) is 0 Å². The second-order valence-corrected chi connectivity index (χ2v) is 5.30. The summed E-state index contributed by atoms with van der Waals surface area (Å²) in [7, 11) is 0. The van der Waals surface area contributed by atoms with E-state index in [1.807, 2.05) is 36.5 Å². The highest BCUT2D eigenvalue weighted by molar-refractivity contribution is 14.1. The molecule has 1 aromatic carbocycles. The van der Waals surface area contributed by atoms with Gasteiger partial charge in [-0.2, -0.15) is 0 Å². The van der Waals surface area contributed by atoms with Crippen LogP contribution in [0.25, 0.3) is 0 Å². The summed E-state index contributed by atoms with van der Waals surface area (Å²) in [6.45, 7) is 1.20. The zero-order chi connectivity index (χ0) is 13.7. The molecule has 0 aliphatic rings. The highest BCUT2D eigenvalue weighted by atomic mass is 127. The number of halogens is 1. The van der Waals surface area contributed by atoms with Crippen LogP contribution in [-0.2, 0) is 6.54 Å². The number of aryl methyl sites for hydroxylation is 1. The van der Waals surface area contributed by atoms with Crippen LogP contribution in [-0.4, -0.2) is 22.2 Å². The monoisotopic (exact) mass is 371 g/mol. The van der Waals surface area contributed by atoms with Crippen molar-refractivity contribution in [2.24, 2.45) is 0 Å². The number of carboxylic acid groups (broad SMARTS) is 1. The first kappa shape index (κ1) is 13.9. The van der Waals surface area contributed by atoms with Crippen molar-refractivity contribution in [2.45, 2.75) is 13.0 Å². The number of aromatic nitrogens is 1. The summed E-state index contributed by atoms with van der Waals surface area (Å²) >= 11 is 2.11. The molecular weight excluding hydrogens is 357 g/mol. The fourth-order valence-electron chi connectivity index (χ4n) is 1.78. The van der Waals surface area contributed by atoms with E-state index in [2.05, 4.69) is 22.6 Å². The predicted octanol–water partition coefficient (Wildman–Crippen LogP) is 3.26. The van der Waals surface area contributed by atoms with Gasteiger partial charge in [0.1, 0.15) is 11.4 Å². The maximum Gasteiger partial charge on any atom is 0.352 e. The molecule has 0 amide bonds. The number of benzene rings is 1. The van der Waals surface area contributed by atoms with E-state index in [1.165, 1.54) is 0 Å². The number of aromatic carboxylic acids is 1. The molecule has 19 heavy (non-hydrogen) atoms. The summed E-state index contributed by atoms with van der Waals surface area (Å²) in [5, 5.41) is 9.06. The van der Waals surface area contributed by atoms with Crippen LogP contribution >= 0.6 is 22.6 Å². The summed E-state index contributed by atoms with van der Waals surface area (Å²) in [5.74, 6) is -0.0602. The van der Waals surface area contributed by atoms with Crippen LogP contribution in [0.15, 0.2) is 42.6 Å². The molecule has 1 heterocycles. The molecule has 2 aromatic rings. The van der Waals surface area contributed by atoms with E-state index < -0.39 is 5.97 Å².